The Labute approximate surface area is 153 Å². The molecule has 0 saturated heterocycles. The van der Waals surface area contributed by atoms with Gasteiger partial charge in [-0.25, -0.2) is 0 Å². The largest absolute Gasteiger partial charge is 0.481 e. The lowest BCUT2D eigenvalue weighted by atomic mass is 9.89. The third kappa shape index (κ3) is 4.50. The summed E-state index contributed by atoms with van der Waals surface area (Å²) >= 11 is 6.13. The molecule has 0 fully saturated rings. The molecule has 0 aromatic heterocycles. The molecule has 1 aliphatic rings. The molecule has 0 aliphatic carbocycles. The summed E-state index contributed by atoms with van der Waals surface area (Å²) in [6.07, 6.45) is 1.80. The lowest BCUT2D eigenvalue weighted by Crippen LogP contribution is -2.35. The van der Waals surface area contributed by atoms with Gasteiger partial charge in [0.1, 0.15) is 0 Å². The van der Waals surface area contributed by atoms with Crippen LogP contribution in [0.1, 0.15) is 35.6 Å². The Bertz CT molecular complexity index is 691. The minimum Gasteiger partial charge on any atom is -0.481 e. The molecule has 2 aromatic rings. The van der Waals surface area contributed by atoms with E-state index in [9.17, 15) is 4.79 Å². The van der Waals surface area contributed by atoms with Gasteiger partial charge in [0.05, 0.1) is 0 Å². The van der Waals surface area contributed by atoms with Crippen molar-refractivity contribution in [3.05, 3.63) is 70.2 Å². The molecule has 3 rings (SSSR count). The van der Waals surface area contributed by atoms with Gasteiger partial charge in [-0.05, 0) is 48.2 Å². The zero-order valence-electron chi connectivity index (χ0n) is 13.3. The monoisotopic (exact) mass is 365 g/mol. The molecule has 1 N–H and O–H groups in total. The van der Waals surface area contributed by atoms with E-state index >= 15 is 0 Å². The first-order chi connectivity index (χ1) is 11.1. The number of carbonyl (C=O) groups is 1. The molecule has 0 saturated carbocycles. The number of fused-ring (bicyclic) bond motifs is 1. The summed E-state index contributed by atoms with van der Waals surface area (Å²) in [4.78, 5) is 13.2. The summed E-state index contributed by atoms with van der Waals surface area (Å²) in [5, 5.41) is 9.64. The number of carboxylic acids is 1. The van der Waals surface area contributed by atoms with E-state index < -0.39 is 5.97 Å². The summed E-state index contributed by atoms with van der Waals surface area (Å²) in [5.41, 5.74) is 3.86. The highest BCUT2D eigenvalue weighted by Crippen LogP contribution is 2.34. The van der Waals surface area contributed by atoms with Crippen LogP contribution in [0.25, 0.3) is 0 Å². The van der Waals surface area contributed by atoms with E-state index in [1.54, 1.807) is 0 Å². The third-order valence-corrected chi connectivity index (χ3v) is 4.65. The van der Waals surface area contributed by atoms with Gasteiger partial charge in [-0.1, -0.05) is 48.0 Å². The minimum atomic E-state index is -0.735. The molecule has 2 aromatic carbocycles. The topological polar surface area (TPSA) is 40.5 Å². The number of aliphatic carboxylic acids is 1. The standard InChI is InChI=1S/C19H20ClNO2.ClH/c20-17-9-8-15-12-18(14-5-2-1-3-6-14)21(13-16(15)11-17)10-4-7-19(22)23;/h1-3,5-6,8-9,11,18H,4,7,10,12-13H2,(H,22,23);1H. The van der Waals surface area contributed by atoms with E-state index in [1.165, 1.54) is 16.7 Å². The van der Waals surface area contributed by atoms with Crippen molar-refractivity contribution in [2.75, 3.05) is 6.54 Å². The Balaban J connectivity index is 0.00000208. The number of hydrogen-bond donors (Lipinski definition) is 1. The maximum atomic E-state index is 10.8. The second kappa shape index (κ2) is 8.52. The second-order valence-electron chi connectivity index (χ2n) is 6.01. The van der Waals surface area contributed by atoms with E-state index in [4.69, 9.17) is 16.7 Å². The first-order valence-corrected chi connectivity index (χ1v) is 8.29. The van der Waals surface area contributed by atoms with Crippen LogP contribution in [0.5, 0.6) is 0 Å². The van der Waals surface area contributed by atoms with E-state index in [0.717, 1.165) is 24.5 Å². The van der Waals surface area contributed by atoms with E-state index in [0.29, 0.717) is 12.5 Å². The van der Waals surface area contributed by atoms with Gasteiger partial charge in [-0.15, -0.1) is 12.4 Å². The molecule has 0 amide bonds. The maximum Gasteiger partial charge on any atom is 0.303 e. The van der Waals surface area contributed by atoms with Gasteiger partial charge < -0.3 is 5.11 Å². The molecule has 0 radical (unpaired) electrons. The normalized spacial score (nSPS) is 17.0. The molecular weight excluding hydrogens is 345 g/mol. The van der Waals surface area contributed by atoms with Crippen molar-refractivity contribution in [2.24, 2.45) is 0 Å². The van der Waals surface area contributed by atoms with Gasteiger partial charge in [-0.3, -0.25) is 9.69 Å². The van der Waals surface area contributed by atoms with Crippen LogP contribution in [0.15, 0.2) is 48.5 Å². The van der Waals surface area contributed by atoms with E-state index in [1.807, 2.05) is 18.2 Å². The molecule has 5 heteroatoms. The Kier molecular flexibility index (Phi) is 6.67. The smallest absolute Gasteiger partial charge is 0.303 e. The molecule has 1 atom stereocenters. The number of hydrogen-bond acceptors (Lipinski definition) is 2. The maximum absolute atomic E-state index is 10.8. The SMILES string of the molecule is Cl.O=C(O)CCCN1Cc2cc(Cl)ccc2CC1c1ccccc1. The van der Waals surface area contributed by atoms with Crippen molar-refractivity contribution in [1.29, 1.82) is 0 Å². The van der Waals surface area contributed by atoms with Crippen molar-refractivity contribution in [1.82, 2.24) is 4.90 Å². The zero-order valence-corrected chi connectivity index (χ0v) is 14.9. The van der Waals surface area contributed by atoms with Gasteiger partial charge in [0, 0.05) is 24.0 Å². The Morgan fingerprint density at radius 2 is 1.92 bits per heavy atom. The Morgan fingerprint density at radius 3 is 2.62 bits per heavy atom. The molecular formula is C19H21Cl2NO2. The highest BCUT2D eigenvalue weighted by Gasteiger charge is 2.27. The van der Waals surface area contributed by atoms with Crippen LogP contribution < -0.4 is 0 Å². The number of rotatable bonds is 5. The number of nitrogens with zero attached hydrogens (tertiary/aromatic N) is 1. The van der Waals surface area contributed by atoms with Crippen LogP contribution in [0.2, 0.25) is 5.02 Å². The molecule has 0 bridgehead atoms. The van der Waals surface area contributed by atoms with E-state index in [2.05, 4.69) is 35.2 Å². The van der Waals surface area contributed by atoms with Crippen LogP contribution in [0, 0.1) is 0 Å². The van der Waals surface area contributed by atoms with Gasteiger partial charge in [0.25, 0.3) is 0 Å². The predicted molar refractivity (Wildman–Crippen MR) is 98.9 cm³/mol. The zero-order chi connectivity index (χ0) is 16.2. The quantitative estimate of drug-likeness (QED) is 0.832. The number of halogens is 2. The number of benzene rings is 2. The van der Waals surface area contributed by atoms with Crippen molar-refractivity contribution < 1.29 is 9.90 Å². The summed E-state index contributed by atoms with van der Waals surface area (Å²) in [6.45, 7) is 1.59. The average Bonchev–Trinajstić information content (AvgIpc) is 2.54. The Morgan fingerprint density at radius 1 is 1.17 bits per heavy atom. The second-order valence-corrected chi connectivity index (χ2v) is 6.45. The molecule has 1 unspecified atom stereocenters. The molecule has 24 heavy (non-hydrogen) atoms. The van der Waals surface area contributed by atoms with Crippen LogP contribution in [-0.4, -0.2) is 22.5 Å². The molecule has 1 aliphatic heterocycles. The van der Waals surface area contributed by atoms with Gasteiger partial charge in [0.15, 0.2) is 0 Å². The highest BCUT2D eigenvalue weighted by atomic mass is 35.5. The molecule has 1 heterocycles. The van der Waals surface area contributed by atoms with Crippen LogP contribution in [-0.2, 0) is 17.8 Å². The average molecular weight is 366 g/mol. The van der Waals surface area contributed by atoms with Gasteiger partial charge >= 0.3 is 5.97 Å². The van der Waals surface area contributed by atoms with Gasteiger partial charge in [-0.2, -0.15) is 0 Å². The minimum absolute atomic E-state index is 0. The molecule has 3 nitrogen and oxygen atoms in total. The third-order valence-electron chi connectivity index (χ3n) is 4.42. The first-order valence-electron chi connectivity index (χ1n) is 7.91. The van der Waals surface area contributed by atoms with Crippen molar-refractivity contribution in [3.8, 4) is 0 Å². The van der Waals surface area contributed by atoms with Crippen molar-refractivity contribution in [2.45, 2.75) is 31.8 Å². The van der Waals surface area contributed by atoms with Gasteiger partial charge in [0.2, 0.25) is 0 Å². The lowest BCUT2D eigenvalue weighted by molar-refractivity contribution is -0.137. The van der Waals surface area contributed by atoms with Crippen LogP contribution in [0.3, 0.4) is 0 Å². The lowest BCUT2D eigenvalue weighted by Gasteiger charge is -2.37. The summed E-state index contributed by atoms with van der Waals surface area (Å²) in [7, 11) is 0. The predicted octanol–water partition coefficient (Wildman–Crippen LogP) is 4.73. The number of carboxylic acid groups (broad SMARTS) is 1. The molecule has 128 valence electrons. The fourth-order valence-electron chi connectivity index (χ4n) is 3.28. The molecule has 0 spiro atoms. The first kappa shape index (κ1) is 18.8. The van der Waals surface area contributed by atoms with Crippen molar-refractivity contribution >= 4 is 30.0 Å². The van der Waals surface area contributed by atoms with Crippen LogP contribution >= 0.6 is 24.0 Å². The summed E-state index contributed by atoms with van der Waals surface area (Å²) in [6, 6.07) is 16.8. The Hall–Kier alpha value is -1.55. The fourth-order valence-corrected chi connectivity index (χ4v) is 3.47. The summed E-state index contributed by atoms with van der Waals surface area (Å²) < 4.78 is 0. The fraction of sp³-hybridized carbons (Fsp3) is 0.316. The highest BCUT2D eigenvalue weighted by molar-refractivity contribution is 6.30. The van der Waals surface area contributed by atoms with Crippen LogP contribution in [0.4, 0.5) is 0 Å². The van der Waals surface area contributed by atoms with Crippen molar-refractivity contribution in [3.63, 3.8) is 0 Å². The van der Waals surface area contributed by atoms with E-state index in [-0.39, 0.29) is 18.8 Å². The summed E-state index contributed by atoms with van der Waals surface area (Å²) in [5.74, 6) is -0.735.